The number of esters is 1. The zero-order valence-corrected chi connectivity index (χ0v) is 12.8. The van der Waals surface area contributed by atoms with Gasteiger partial charge in [-0.2, -0.15) is 0 Å². The molecule has 0 radical (unpaired) electrons. The van der Waals surface area contributed by atoms with Crippen molar-refractivity contribution in [2.24, 2.45) is 0 Å². The molecule has 0 fully saturated rings. The van der Waals surface area contributed by atoms with Gasteiger partial charge in [-0.05, 0) is 32.9 Å². The number of ether oxygens (including phenoxy) is 2. The molecular formula is C17H20O4. The predicted molar refractivity (Wildman–Crippen MR) is 79.4 cm³/mol. The third-order valence-electron chi connectivity index (χ3n) is 3.55. The fraction of sp³-hybridized carbons (Fsp3) is 0.412. The molecule has 0 heterocycles. The number of ketones is 1. The second-order valence-electron chi connectivity index (χ2n) is 5.61. The lowest BCUT2D eigenvalue weighted by atomic mass is 9.78. The molecule has 1 aromatic rings. The zero-order chi connectivity index (χ0) is 15.6. The lowest BCUT2D eigenvalue weighted by molar-refractivity contribution is -0.153. The van der Waals surface area contributed by atoms with Crippen molar-refractivity contribution in [2.45, 2.75) is 38.7 Å². The second kappa shape index (κ2) is 5.72. The van der Waals surface area contributed by atoms with E-state index in [1.807, 2.05) is 25.1 Å². The van der Waals surface area contributed by atoms with Crippen molar-refractivity contribution in [3.8, 4) is 5.75 Å². The molecule has 4 nitrogen and oxygen atoms in total. The second-order valence-corrected chi connectivity index (χ2v) is 5.61. The molecule has 0 saturated heterocycles. The topological polar surface area (TPSA) is 52.6 Å². The summed E-state index contributed by atoms with van der Waals surface area (Å²) in [6.07, 6.45) is 2.92. The van der Waals surface area contributed by atoms with E-state index >= 15 is 0 Å². The van der Waals surface area contributed by atoms with Crippen molar-refractivity contribution in [3.05, 3.63) is 41.5 Å². The Bertz CT molecular complexity index is 601. The van der Waals surface area contributed by atoms with E-state index in [2.05, 4.69) is 0 Å². The average molecular weight is 288 g/mol. The van der Waals surface area contributed by atoms with Crippen LogP contribution in [-0.4, -0.2) is 25.0 Å². The minimum atomic E-state index is -1.08. The van der Waals surface area contributed by atoms with Crippen LogP contribution >= 0.6 is 0 Å². The zero-order valence-electron chi connectivity index (χ0n) is 12.8. The van der Waals surface area contributed by atoms with Crippen LogP contribution in [0.1, 0.15) is 31.4 Å². The molecule has 0 amide bonds. The summed E-state index contributed by atoms with van der Waals surface area (Å²) in [5.74, 6) is 0.0865. The van der Waals surface area contributed by atoms with E-state index in [0.717, 1.165) is 5.56 Å². The van der Waals surface area contributed by atoms with E-state index in [-0.39, 0.29) is 18.3 Å². The standard InChI is InChI=1S/C17H20O4/c1-11(2)21-16(19)17(8-7-13(18)10-17)14-9-12(3)5-6-15(14)20-4/h5-9,11H,10H2,1-4H3/t17-/m0/s1. The quantitative estimate of drug-likeness (QED) is 0.799. The van der Waals surface area contributed by atoms with Crippen LogP contribution in [0.4, 0.5) is 0 Å². The van der Waals surface area contributed by atoms with Crippen LogP contribution in [0.15, 0.2) is 30.4 Å². The summed E-state index contributed by atoms with van der Waals surface area (Å²) in [5, 5.41) is 0. The maximum Gasteiger partial charge on any atom is 0.321 e. The smallest absolute Gasteiger partial charge is 0.321 e. The first-order valence-corrected chi connectivity index (χ1v) is 6.97. The molecule has 0 aromatic heterocycles. The van der Waals surface area contributed by atoms with E-state index in [9.17, 15) is 9.59 Å². The molecular weight excluding hydrogens is 268 g/mol. The number of allylic oxidation sites excluding steroid dienone is 1. The Labute approximate surface area is 124 Å². The monoisotopic (exact) mass is 288 g/mol. The molecule has 21 heavy (non-hydrogen) atoms. The van der Waals surface area contributed by atoms with Gasteiger partial charge in [0.15, 0.2) is 5.78 Å². The largest absolute Gasteiger partial charge is 0.496 e. The summed E-state index contributed by atoms with van der Waals surface area (Å²) < 4.78 is 10.8. The van der Waals surface area contributed by atoms with Crippen LogP contribution in [0.3, 0.4) is 0 Å². The number of rotatable bonds is 4. The van der Waals surface area contributed by atoms with Crippen LogP contribution < -0.4 is 4.74 Å². The summed E-state index contributed by atoms with van der Waals surface area (Å²) in [4.78, 5) is 24.4. The van der Waals surface area contributed by atoms with Crippen molar-refractivity contribution >= 4 is 11.8 Å². The molecule has 1 atom stereocenters. The maximum atomic E-state index is 12.6. The van der Waals surface area contributed by atoms with E-state index < -0.39 is 11.4 Å². The number of hydrogen-bond donors (Lipinski definition) is 0. The molecule has 2 rings (SSSR count). The van der Waals surface area contributed by atoms with Crippen molar-refractivity contribution in [2.75, 3.05) is 7.11 Å². The Morgan fingerprint density at radius 2 is 2.05 bits per heavy atom. The molecule has 1 aliphatic rings. The van der Waals surface area contributed by atoms with Crippen LogP contribution in [0.2, 0.25) is 0 Å². The fourth-order valence-electron chi connectivity index (χ4n) is 2.55. The lowest BCUT2D eigenvalue weighted by Gasteiger charge is -2.28. The summed E-state index contributed by atoms with van der Waals surface area (Å²) >= 11 is 0. The number of benzene rings is 1. The van der Waals surface area contributed by atoms with Crippen molar-refractivity contribution in [3.63, 3.8) is 0 Å². The highest BCUT2D eigenvalue weighted by Gasteiger charge is 2.46. The van der Waals surface area contributed by atoms with Crippen LogP contribution in [0.5, 0.6) is 5.75 Å². The van der Waals surface area contributed by atoms with Gasteiger partial charge in [0.2, 0.25) is 0 Å². The Morgan fingerprint density at radius 1 is 1.33 bits per heavy atom. The van der Waals surface area contributed by atoms with Crippen LogP contribution in [0.25, 0.3) is 0 Å². The molecule has 112 valence electrons. The molecule has 1 aromatic carbocycles. The first-order valence-electron chi connectivity index (χ1n) is 6.97. The van der Waals surface area contributed by atoms with Crippen molar-refractivity contribution in [1.82, 2.24) is 0 Å². The molecule has 0 spiro atoms. The van der Waals surface area contributed by atoms with Gasteiger partial charge in [0.25, 0.3) is 0 Å². The number of carbonyl (C=O) groups is 2. The summed E-state index contributed by atoms with van der Waals surface area (Å²) in [5.41, 5.74) is 0.589. The minimum Gasteiger partial charge on any atom is -0.496 e. The van der Waals surface area contributed by atoms with Crippen molar-refractivity contribution < 1.29 is 19.1 Å². The molecule has 0 N–H and O–H groups in total. The molecule has 0 unspecified atom stereocenters. The van der Waals surface area contributed by atoms with Gasteiger partial charge in [0.05, 0.1) is 13.2 Å². The number of aryl methyl sites for hydroxylation is 1. The normalized spacial score (nSPS) is 20.9. The molecule has 1 aliphatic carbocycles. The Kier molecular flexibility index (Phi) is 4.16. The molecule has 0 saturated carbocycles. The maximum absolute atomic E-state index is 12.6. The van der Waals surface area contributed by atoms with Gasteiger partial charge < -0.3 is 9.47 Å². The molecule has 0 aliphatic heterocycles. The van der Waals surface area contributed by atoms with Crippen LogP contribution in [-0.2, 0) is 19.7 Å². The van der Waals surface area contributed by atoms with Gasteiger partial charge in [-0.3, -0.25) is 9.59 Å². The number of hydrogen-bond acceptors (Lipinski definition) is 4. The number of carbonyl (C=O) groups excluding carboxylic acids is 2. The van der Waals surface area contributed by atoms with Gasteiger partial charge >= 0.3 is 5.97 Å². The minimum absolute atomic E-state index is 0.0817. The van der Waals surface area contributed by atoms with E-state index in [0.29, 0.717) is 11.3 Å². The Hall–Kier alpha value is -2.10. The van der Waals surface area contributed by atoms with E-state index in [4.69, 9.17) is 9.47 Å². The number of methoxy groups -OCH3 is 1. The van der Waals surface area contributed by atoms with Gasteiger partial charge in [0, 0.05) is 12.0 Å². The third-order valence-corrected chi connectivity index (χ3v) is 3.55. The lowest BCUT2D eigenvalue weighted by Crippen LogP contribution is -2.36. The summed E-state index contributed by atoms with van der Waals surface area (Å²) in [6.45, 7) is 5.52. The molecule has 0 bridgehead atoms. The molecule has 4 heteroatoms. The van der Waals surface area contributed by atoms with Gasteiger partial charge in [-0.1, -0.05) is 23.8 Å². The van der Waals surface area contributed by atoms with E-state index in [1.165, 1.54) is 6.08 Å². The highest BCUT2D eigenvalue weighted by molar-refractivity contribution is 6.03. The first-order chi connectivity index (χ1) is 9.89. The fourth-order valence-corrected chi connectivity index (χ4v) is 2.55. The average Bonchev–Trinajstić information content (AvgIpc) is 2.81. The predicted octanol–water partition coefficient (Wildman–Crippen LogP) is 2.72. The van der Waals surface area contributed by atoms with Gasteiger partial charge in [-0.15, -0.1) is 0 Å². The first kappa shape index (κ1) is 15.3. The van der Waals surface area contributed by atoms with Gasteiger partial charge in [0.1, 0.15) is 11.2 Å². The van der Waals surface area contributed by atoms with Crippen LogP contribution in [0, 0.1) is 6.92 Å². The van der Waals surface area contributed by atoms with Gasteiger partial charge in [-0.25, -0.2) is 0 Å². The van der Waals surface area contributed by atoms with Crippen molar-refractivity contribution in [1.29, 1.82) is 0 Å². The third kappa shape index (κ3) is 2.84. The Balaban J connectivity index is 2.57. The highest BCUT2D eigenvalue weighted by Crippen LogP contribution is 2.41. The highest BCUT2D eigenvalue weighted by atomic mass is 16.5. The summed E-state index contributed by atoms with van der Waals surface area (Å²) in [6, 6.07) is 5.60. The Morgan fingerprint density at radius 3 is 2.57 bits per heavy atom. The summed E-state index contributed by atoms with van der Waals surface area (Å²) in [7, 11) is 1.55. The van der Waals surface area contributed by atoms with E-state index in [1.54, 1.807) is 27.0 Å². The SMILES string of the molecule is COc1ccc(C)cc1[C@]1(C(=O)OC(C)C)C=CC(=O)C1.